The van der Waals surface area contributed by atoms with Gasteiger partial charge in [-0.1, -0.05) is 54.1 Å². The summed E-state index contributed by atoms with van der Waals surface area (Å²) in [5.74, 6) is 2.31. The number of ether oxygens (including phenoxy) is 3. The Bertz CT molecular complexity index is 943. The lowest BCUT2D eigenvalue weighted by Crippen LogP contribution is -2.35. The van der Waals surface area contributed by atoms with E-state index in [9.17, 15) is 5.11 Å². The van der Waals surface area contributed by atoms with E-state index in [-0.39, 0.29) is 13.4 Å². The van der Waals surface area contributed by atoms with Crippen molar-refractivity contribution in [2.75, 3.05) is 19.9 Å². The molecular weight excluding hydrogens is 378 g/mol. The third-order valence-electron chi connectivity index (χ3n) is 5.02. The van der Waals surface area contributed by atoms with Crippen LogP contribution in [0, 0.1) is 6.92 Å². The second-order valence-corrected chi connectivity index (χ2v) is 7.62. The molecule has 0 aliphatic carbocycles. The minimum atomic E-state index is -0.607. The Morgan fingerprint density at radius 1 is 0.900 bits per heavy atom. The highest BCUT2D eigenvalue weighted by Gasteiger charge is 2.17. The Labute approximate surface area is 177 Å². The van der Waals surface area contributed by atoms with E-state index in [1.165, 1.54) is 11.1 Å². The van der Waals surface area contributed by atoms with Crippen molar-refractivity contribution < 1.29 is 19.3 Å². The smallest absolute Gasteiger partial charge is 0.231 e. The maximum Gasteiger partial charge on any atom is 0.231 e. The lowest BCUT2D eigenvalue weighted by Gasteiger charge is -2.25. The van der Waals surface area contributed by atoms with Gasteiger partial charge in [-0.15, -0.1) is 0 Å². The molecule has 1 heterocycles. The maximum absolute atomic E-state index is 10.6. The quantitative estimate of drug-likeness (QED) is 0.579. The number of para-hydroxylation sites is 1. The van der Waals surface area contributed by atoms with Gasteiger partial charge in [-0.3, -0.25) is 4.90 Å². The van der Waals surface area contributed by atoms with Gasteiger partial charge in [0.2, 0.25) is 6.79 Å². The first-order valence-electron chi connectivity index (χ1n) is 10.2. The zero-order valence-electron chi connectivity index (χ0n) is 17.2. The first-order valence-corrected chi connectivity index (χ1v) is 10.2. The van der Waals surface area contributed by atoms with Gasteiger partial charge in [0.05, 0.1) is 0 Å². The molecule has 1 atom stereocenters. The number of aliphatic hydroxyl groups is 1. The summed E-state index contributed by atoms with van der Waals surface area (Å²) in [7, 11) is 0. The van der Waals surface area contributed by atoms with E-state index >= 15 is 0 Å². The number of benzene rings is 3. The zero-order valence-corrected chi connectivity index (χ0v) is 17.2. The van der Waals surface area contributed by atoms with Crippen molar-refractivity contribution in [1.82, 2.24) is 4.90 Å². The van der Waals surface area contributed by atoms with Crippen LogP contribution in [0.5, 0.6) is 17.2 Å². The van der Waals surface area contributed by atoms with Crippen LogP contribution in [0.1, 0.15) is 16.7 Å². The summed E-state index contributed by atoms with van der Waals surface area (Å²) >= 11 is 0. The Balaban J connectivity index is 1.42. The topological polar surface area (TPSA) is 51.2 Å². The molecule has 3 aromatic carbocycles. The summed E-state index contributed by atoms with van der Waals surface area (Å²) in [5.41, 5.74) is 3.55. The molecular formula is C25H27NO4. The van der Waals surface area contributed by atoms with E-state index in [0.29, 0.717) is 13.1 Å². The van der Waals surface area contributed by atoms with Crippen molar-refractivity contribution >= 4 is 0 Å². The standard InChI is InChI=1S/C25H27NO4/c1-19-7-9-20(10-8-19)14-26(15-21-11-12-24-25(13-21)30-18-29-24)16-22(27)17-28-23-5-3-2-4-6-23/h2-13,22,27H,14-18H2,1H3/t22-/m0/s1. The van der Waals surface area contributed by atoms with Crippen LogP contribution in [0.4, 0.5) is 0 Å². The summed E-state index contributed by atoms with van der Waals surface area (Å²) < 4.78 is 16.7. The van der Waals surface area contributed by atoms with Crippen LogP contribution in [-0.2, 0) is 13.1 Å². The van der Waals surface area contributed by atoms with Crippen LogP contribution in [-0.4, -0.2) is 36.1 Å². The molecule has 156 valence electrons. The molecule has 5 nitrogen and oxygen atoms in total. The highest BCUT2D eigenvalue weighted by molar-refractivity contribution is 5.44. The van der Waals surface area contributed by atoms with E-state index in [1.54, 1.807) is 0 Å². The summed E-state index contributed by atoms with van der Waals surface area (Å²) in [6.45, 7) is 4.51. The van der Waals surface area contributed by atoms with E-state index in [4.69, 9.17) is 14.2 Å². The second-order valence-electron chi connectivity index (χ2n) is 7.62. The molecule has 0 fully saturated rings. The van der Waals surface area contributed by atoms with E-state index in [2.05, 4.69) is 36.1 Å². The molecule has 0 spiro atoms. The number of hydrogen-bond donors (Lipinski definition) is 1. The highest BCUT2D eigenvalue weighted by Crippen LogP contribution is 2.33. The molecule has 0 saturated heterocycles. The van der Waals surface area contributed by atoms with Crippen LogP contribution in [0.25, 0.3) is 0 Å². The third kappa shape index (κ3) is 5.53. The number of aryl methyl sites for hydroxylation is 1. The molecule has 1 N–H and O–H groups in total. The van der Waals surface area contributed by atoms with Gasteiger partial charge in [0.15, 0.2) is 11.5 Å². The molecule has 3 aromatic rings. The fourth-order valence-electron chi connectivity index (χ4n) is 3.49. The summed E-state index contributed by atoms with van der Waals surface area (Å²) in [6.07, 6.45) is -0.607. The van der Waals surface area contributed by atoms with E-state index in [0.717, 1.165) is 29.4 Å². The lowest BCUT2D eigenvalue weighted by atomic mass is 10.1. The summed E-state index contributed by atoms with van der Waals surface area (Å²) in [6, 6.07) is 24.1. The van der Waals surface area contributed by atoms with Crippen molar-refractivity contribution in [2.24, 2.45) is 0 Å². The third-order valence-corrected chi connectivity index (χ3v) is 5.02. The van der Waals surface area contributed by atoms with Gasteiger partial charge in [0.1, 0.15) is 18.5 Å². The number of nitrogens with zero attached hydrogens (tertiary/aromatic N) is 1. The monoisotopic (exact) mass is 405 g/mol. The Morgan fingerprint density at radius 2 is 1.60 bits per heavy atom. The predicted molar refractivity (Wildman–Crippen MR) is 116 cm³/mol. The Kier molecular flexibility index (Phi) is 6.52. The average Bonchev–Trinajstić information content (AvgIpc) is 3.22. The Hall–Kier alpha value is -3.02. The molecule has 5 heteroatoms. The average molecular weight is 405 g/mol. The number of hydrogen-bond acceptors (Lipinski definition) is 5. The first-order chi connectivity index (χ1) is 14.7. The van der Waals surface area contributed by atoms with Gasteiger partial charge in [-0.25, -0.2) is 0 Å². The van der Waals surface area contributed by atoms with Crippen LogP contribution >= 0.6 is 0 Å². The van der Waals surface area contributed by atoms with Gasteiger partial charge >= 0.3 is 0 Å². The van der Waals surface area contributed by atoms with Gasteiger partial charge < -0.3 is 19.3 Å². The van der Waals surface area contributed by atoms with E-state index in [1.807, 2.05) is 48.5 Å². The van der Waals surface area contributed by atoms with Crippen molar-refractivity contribution in [3.8, 4) is 17.2 Å². The molecule has 0 bridgehead atoms. The molecule has 1 aliphatic rings. The molecule has 1 aliphatic heterocycles. The van der Waals surface area contributed by atoms with Gasteiger partial charge in [-0.05, 0) is 42.3 Å². The van der Waals surface area contributed by atoms with E-state index < -0.39 is 6.10 Å². The van der Waals surface area contributed by atoms with Crippen LogP contribution in [0.15, 0.2) is 72.8 Å². The van der Waals surface area contributed by atoms with Crippen LogP contribution in [0.2, 0.25) is 0 Å². The minimum Gasteiger partial charge on any atom is -0.491 e. The van der Waals surface area contributed by atoms with Crippen LogP contribution in [0.3, 0.4) is 0 Å². The molecule has 4 rings (SSSR count). The SMILES string of the molecule is Cc1ccc(CN(Cc2ccc3c(c2)OCO3)C[C@H](O)COc2ccccc2)cc1. The Morgan fingerprint density at radius 3 is 2.40 bits per heavy atom. The molecule has 0 saturated carbocycles. The maximum atomic E-state index is 10.6. The van der Waals surface area contributed by atoms with Gasteiger partial charge in [0.25, 0.3) is 0 Å². The largest absolute Gasteiger partial charge is 0.491 e. The predicted octanol–water partition coefficient (Wildman–Crippen LogP) is 4.17. The fourth-order valence-corrected chi connectivity index (χ4v) is 3.49. The molecule has 0 amide bonds. The number of rotatable bonds is 9. The van der Waals surface area contributed by atoms with Crippen molar-refractivity contribution in [3.05, 3.63) is 89.5 Å². The van der Waals surface area contributed by atoms with Crippen molar-refractivity contribution in [3.63, 3.8) is 0 Å². The number of fused-ring (bicyclic) bond motifs is 1. The second kappa shape index (κ2) is 9.65. The van der Waals surface area contributed by atoms with Crippen molar-refractivity contribution in [1.29, 1.82) is 0 Å². The van der Waals surface area contributed by atoms with Gasteiger partial charge in [0, 0.05) is 19.6 Å². The fraction of sp³-hybridized carbons (Fsp3) is 0.280. The van der Waals surface area contributed by atoms with Crippen molar-refractivity contribution in [2.45, 2.75) is 26.1 Å². The molecule has 0 radical (unpaired) electrons. The summed E-state index contributed by atoms with van der Waals surface area (Å²) in [5, 5.41) is 10.6. The lowest BCUT2D eigenvalue weighted by molar-refractivity contribution is 0.0628. The molecule has 30 heavy (non-hydrogen) atoms. The number of aliphatic hydroxyl groups excluding tert-OH is 1. The zero-order chi connectivity index (χ0) is 20.8. The molecule has 0 aromatic heterocycles. The van der Waals surface area contributed by atoms with Crippen LogP contribution < -0.4 is 14.2 Å². The normalized spacial score (nSPS) is 13.4. The first kappa shape index (κ1) is 20.3. The van der Waals surface area contributed by atoms with Gasteiger partial charge in [-0.2, -0.15) is 0 Å². The summed E-state index contributed by atoms with van der Waals surface area (Å²) in [4.78, 5) is 2.22. The minimum absolute atomic E-state index is 0.246. The molecule has 0 unspecified atom stereocenters. The highest BCUT2D eigenvalue weighted by atomic mass is 16.7.